The summed E-state index contributed by atoms with van der Waals surface area (Å²) in [5, 5.41) is 16.1. The minimum Gasteiger partial charge on any atom is -0.392 e. The Labute approximate surface area is 137 Å². The molecule has 0 unspecified atom stereocenters. The molecular formula is C16H17F2N3O3. The normalized spacial score (nSPS) is 21.2. The first-order chi connectivity index (χ1) is 11.4. The average Bonchev–Trinajstić information content (AvgIpc) is 3.07. The van der Waals surface area contributed by atoms with Crippen molar-refractivity contribution in [2.75, 3.05) is 18.4 Å². The zero-order chi connectivity index (χ0) is 17.3. The van der Waals surface area contributed by atoms with Gasteiger partial charge in [0.05, 0.1) is 12.6 Å². The number of carbonyl (C=O) groups excluding carboxylic acids is 1. The Morgan fingerprint density at radius 2 is 2.25 bits per heavy atom. The number of nitrogens with one attached hydrogen (secondary N) is 1. The molecule has 2 heterocycles. The molecule has 0 spiro atoms. The first-order valence-corrected chi connectivity index (χ1v) is 7.52. The van der Waals surface area contributed by atoms with Crippen molar-refractivity contribution in [3.8, 4) is 0 Å². The molecule has 1 aromatic heterocycles. The van der Waals surface area contributed by atoms with Gasteiger partial charge in [0.2, 0.25) is 5.91 Å². The number of likely N-dealkylation sites (tertiary alicyclic amines) is 1. The summed E-state index contributed by atoms with van der Waals surface area (Å²) < 4.78 is 32.3. The molecule has 0 radical (unpaired) electrons. The van der Waals surface area contributed by atoms with Gasteiger partial charge in [0.15, 0.2) is 5.82 Å². The van der Waals surface area contributed by atoms with E-state index in [0.29, 0.717) is 5.76 Å². The van der Waals surface area contributed by atoms with Crippen LogP contribution in [0.5, 0.6) is 0 Å². The van der Waals surface area contributed by atoms with Gasteiger partial charge >= 0.3 is 0 Å². The molecule has 0 bridgehead atoms. The summed E-state index contributed by atoms with van der Waals surface area (Å²) in [6.07, 6.45) is -0.476. The second kappa shape index (κ2) is 6.66. The fraction of sp³-hybridized carbons (Fsp3) is 0.375. The molecule has 8 heteroatoms. The van der Waals surface area contributed by atoms with Crippen LogP contribution in [0, 0.1) is 18.6 Å². The van der Waals surface area contributed by atoms with Gasteiger partial charge in [-0.3, -0.25) is 9.69 Å². The highest BCUT2D eigenvalue weighted by atomic mass is 19.1. The number of aryl methyl sites for hydroxylation is 1. The van der Waals surface area contributed by atoms with Crippen LogP contribution in [0.4, 0.5) is 14.6 Å². The second-order valence-electron chi connectivity index (χ2n) is 5.87. The third-order valence-corrected chi connectivity index (χ3v) is 3.94. The molecule has 2 N–H and O–H groups in total. The van der Waals surface area contributed by atoms with Gasteiger partial charge in [0.1, 0.15) is 17.4 Å². The van der Waals surface area contributed by atoms with Gasteiger partial charge in [0, 0.05) is 24.2 Å². The summed E-state index contributed by atoms with van der Waals surface area (Å²) in [6.45, 7) is 1.82. The van der Waals surface area contributed by atoms with Crippen molar-refractivity contribution in [1.82, 2.24) is 10.1 Å². The molecule has 1 fully saturated rings. The molecule has 128 valence electrons. The van der Waals surface area contributed by atoms with Crippen molar-refractivity contribution < 1.29 is 23.2 Å². The maximum absolute atomic E-state index is 14.0. The maximum Gasteiger partial charge on any atom is 0.239 e. The van der Waals surface area contributed by atoms with E-state index in [1.807, 2.05) is 0 Å². The molecule has 1 aromatic carbocycles. The third kappa shape index (κ3) is 3.60. The Kier molecular flexibility index (Phi) is 4.59. The fourth-order valence-corrected chi connectivity index (χ4v) is 2.94. The van der Waals surface area contributed by atoms with Crippen molar-refractivity contribution >= 4 is 11.7 Å². The highest BCUT2D eigenvalue weighted by Crippen LogP contribution is 2.33. The molecule has 2 atom stereocenters. The number of amides is 1. The lowest BCUT2D eigenvalue weighted by Crippen LogP contribution is -2.34. The van der Waals surface area contributed by atoms with Gasteiger partial charge in [-0.2, -0.15) is 0 Å². The zero-order valence-electron chi connectivity index (χ0n) is 13.0. The van der Waals surface area contributed by atoms with Gasteiger partial charge in [-0.25, -0.2) is 8.78 Å². The van der Waals surface area contributed by atoms with E-state index in [0.717, 1.165) is 18.2 Å². The molecule has 2 aromatic rings. The van der Waals surface area contributed by atoms with E-state index in [1.54, 1.807) is 17.9 Å². The number of aromatic nitrogens is 1. The standard InChI is InChI=1S/C16H17F2N3O3/c1-9-4-15(20-24-9)19-16(23)8-21-7-11(22)6-14(21)12-5-10(17)2-3-13(12)18/h2-5,11,14,22H,6-8H2,1H3,(H,19,20,23)/t11-,14-/m0/s1. The highest BCUT2D eigenvalue weighted by molar-refractivity contribution is 5.91. The molecule has 1 saturated heterocycles. The largest absolute Gasteiger partial charge is 0.392 e. The van der Waals surface area contributed by atoms with Crippen molar-refractivity contribution in [1.29, 1.82) is 0 Å². The first-order valence-electron chi connectivity index (χ1n) is 7.52. The number of benzene rings is 1. The molecule has 1 amide bonds. The van der Waals surface area contributed by atoms with Crippen LogP contribution < -0.4 is 5.32 Å². The summed E-state index contributed by atoms with van der Waals surface area (Å²) >= 11 is 0. The van der Waals surface area contributed by atoms with E-state index in [-0.39, 0.29) is 36.8 Å². The van der Waals surface area contributed by atoms with Gasteiger partial charge < -0.3 is 14.9 Å². The van der Waals surface area contributed by atoms with Crippen LogP contribution in [-0.4, -0.2) is 40.3 Å². The van der Waals surface area contributed by atoms with Crippen molar-refractivity contribution in [2.24, 2.45) is 0 Å². The Bertz CT molecular complexity index is 750. The number of β-amino-alcohol motifs (C(OH)–C–C–N with tert-alkyl or cyclic N) is 1. The molecule has 0 saturated carbocycles. The predicted octanol–water partition coefficient (Wildman–Crippen LogP) is 2.01. The number of halogens is 2. The lowest BCUT2D eigenvalue weighted by atomic mass is 10.0. The molecule has 24 heavy (non-hydrogen) atoms. The van der Waals surface area contributed by atoms with Crippen LogP contribution in [0.25, 0.3) is 0 Å². The van der Waals surface area contributed by atoms with Crippen molar-refractivity contribution in [2.45, 2.75) is 25.5 Å². The molecule has 1 aliphatic rings. The van der Waals surface area contributed by atoms with Gasteiger partial charge in [-0.15, -0.1) is 0 Å². The summed E-state index contributed by atoms with van der Waals surface area (Å²) in [5.41, 5.74) is 0.136. The van der Waals surface area contributed by atoms with Crippen molar-refractivity contribution in [3.63, 3.8) is 0 Å². The maximum atomic E-state index is 14.0. The Hall–Kier alpha value is -2.32. The first kappa shape index (κ1) is 16.5. The number of aliphatic hydroxyl groups excluding tert-OH is 1. The van der Waals surface area contributed by atoms with E-state index in [1.165, 1.54) is 0 Å². The smallest absolute Gasteiger partial charge is 0.239 e. The van der Waals surface area contributed by atoms with Crippen LogP contribution in [0.2, 0.25) is 0 Å². The average molecular weight is 337 g/mol. The lowest BCUT2D eigenvalue weighted by molar-refractivity contribution is -0.117. The monoisotopic (exact) mass is 337 g/mol. The fourth-order valence-electron chi connectivity index (χ4n) is 2.94. The topological polar surface area (TPSA) is 78.6 Å². The summed E-state index contributed by atoms with van der Waals surface area (Å²) in [4.78, 5) is 13.7. The van der Waals surface area contributed by atoms with Gasteiger partial charge in [-0.05, 0) is 31.5 Å². The van der Waals surface area contributed by atoms with Crippen LogP contribution in [-0.2, 0) is 4.79 Å². The van der Waals surface area contributed by atoms with Crippen LogP contribution in [0.1, 0.15) is 23.8 Å². The van der Waals surface area contributed by atoms with Gasteiger partial charge in [-0.1, -0.05) is 5.16 Å². The number of anilines is 1. The number of rotatable bonds is 4. The predicted molar refractivity (Wildman–Crippen MR) is 81.2 cm³/mol. The lowest BCUT2D eigenvalue weighted by Gasteiger charge is -2.24. The number of hydrogen-bond acceptors (Lipinski definition) is 5. The number of nitrogens with zero attached hydrogens (tertiary/aromatic N) is 2. The number of aliphatic hydroxyl groups is 1. The van der Waals surface area contributed by atoms with E-state index in [4.69, 9.17) is 4.52 Å². The van der Waals surface area contributed by atoms with E-state index in [9.17, 15) is 18.7 Å². The molecular weight excluding hydrogens is 320 g/mol. The third-order valence-electron chi connectivity index (χ3n) is 3.94. The summed E-state index contributed by atoms with van der Waals surface area (Å²) in [5.74, 6) is -0.658. The number of carbonyl (C=O) groups is 1. The zero-order valence-corrected chi connectivity index (χ0v) is 13.0. The minimum absolute atomic E-state index is 0.0798. The summed E-state index contributed by atoms with van der Waals surface area (Å²) in [7, 11) is 0. The molecule has 0 aliphatic carbocycles. The molecule has 3 rings (SSSR count). The Morgan fingerprint density at radius 3 is 2.96 bits per heavy atom. The highest BCUT2D eigenvalue weighted by Gasteiger charge is 2.35. The van der Waals surface area contributed by atoms with E-state index in [2.05, 4.69) is 10.5 Å². The Morgan fingerprint density at radius 1 is 1.46 bits per heavy atom. The minimum atomic E-state index is -0.709. The quantitative estimate of drug-likeness (QED) is 0.892. The second-order valence-corrected chi connectivity index (χ2v) is 5.87. The number of hydrogen-bond donors (Lipinski definition) is 2. The van der Waals surface area contributed by atoms with E-state index >= 15 is 0 Å². The van der Waals surface area contributed by atoms with E-state index < -0.39 is 23.8 Å². The summed E-state index contributed by atoms with van der Waals surface area (Å²) in [6, 6.07) is 4.19. The molecule has 6 nitrogen and oxygen atoms in total. The van der Waals surface area contributed by atoms with Crippen LogP contribution >= 0.6 is 0 Å². The SMILES string of the molecule is Cc1cc(NC(=O)CN2C[C@@H](O)C[C@H]2c2cc(F)ccc2F)no1. The Balaban J connectivity index is 1.73. The van der Waals surface area contributed by atoms with Crippen LogP contribution in [0.15, 0.2) is 28.8 Å². The van der Waals surface area contributed by atoms with Gasteiger partial charge in [0.25, 0.3) is 0 Å². The van der Waals surface area contributed by atoms with Crippen LogP contribution in [0.3, 0.4) is 0 Å². The molecule has 1 aliphatic heterocycles. The van der Waals surface area contributed by atoms with Crippen molar-refractivity contribution in [3.05, 3.63) is 47.2 Å².